The molecule has 0 radical (unpaired) electrons. The number of nitrogens with one attached hydrogen (secondary N) is 1. The summed E-state index contributed by atoms with van der Waals surface area (Å²) in [6.07, 6.45) is 2.38. The van der Waals surface area contributed by atoms with Crippen molar-refractivity contribution >= 4 is 23.0 Å². The van der Waals surface area contributed by atoms with Gasteiger partial charge in [0.15, 0.2) is 0 Å². The first-order chi connectivity index (χ1) is 14.2. The molecule has 2 heterocycles. The van der Waals surface area contributed by atoms with Crippen LogP contribution in [0.4, 0.5) is 0 Å². The third-order valence-electron chi connectivity index (χ3n) is 5.38. The zero-order valence-corrected chi connectivity index (χ0v) is 17.0. The lowest BCUT2D eigenvalue weighted by molar-refractivity contribution is 0.0928. The number of nitrogens with zero attached hydrogens (tertiary/aromatic N) is 1. The highest BCUT2D eigenvalue weighted by Crippen LogP contribution is 2.25. The van der Waals surface area contributed by atoms with Crippen LogP contribution in [0.5, 0.6) is 0 Å². The first-order valence-electron chi connectivity index (χ1n) is 9.98. The van der Waals surface area contributed by atoms with E-state index in [4.69, 9.17) is 0 Å². The van der Waals surface area contributed by atoms with Gasteiger partial charge in [-0.05, 0) is 49.0 Å². The molecule has 0 saturated carbocycles. The third-order valence-corrected chi connectivity index (χ3v) is 6.25. The van der Waals surface area contributed by atoms with Crippen LogP contribution in [0.2, 0.25) is 0 Å². The van der Waals surface area contributed by atoms with E-state index < -0.39 is 0 Å². The highest BCUT2D eigenvalue weighted by atomic mass is 32.1. The number of benzene rings is 2. The van der Waals surface area contributed by atoms with E-state index in [1.165, 1.54) is 29.7 Å². The maximum atomic E-state index is 13.0. The molecule has 2 aromatic carbocycles. The first-order valence-corrected chi connectivity index (χ1v) is 10.9. The zero-order valence-electron chi connectivity index (χ0n) is 16.2. The molecule has 1 amide bonds. The van der Waals surface area contributed by atoms with Gasteiger partial charge in [0.1, 0.15) is 0 Å². The Balaban J connectivity index is 1.52. The SMILES string of the molecule is O=C(NCC(c1ccccc1)N1CCCC1)c1ccccc1C(=O)c1cccs1. The van der Waals surface area contributed by atoms with Gasteiger partial charge in [-0.1, -0.05) is 54.6 Å². The number of rotatable bonds is 7. The van der Waals surface area contributed by atoms with Gasteiger partial charge in [0.05, 0.1) is 16.5 Å². The predicted molar refractivity (Wildman–Crippen MR) is 117 cm³/mol. The molecule has 4 nitrogen and oxygen atoms in total. The molecule has 148 valence electrons. The number of carbonyl (C=O) groups is 2. The lowest BCUT2D eigenvalue weighted by Crippen LogP contribution is -2.37. The molecule has 1 unspecified atom stereocenters. The molecule has 1 N–H and O–H groups in total. The quantitative estimate of drug-likeness (QED) is 0.588. The first kappa shape index (κ1) is 19.6. The summed E-state index contributed by atoms with van der Waals surface area (Å²) in [5.74, 6) is -0.310. The topological polar surface area (TPSA) is 49.4 Å². The maximum Gasteiger partial charge on any atom is 0.252 e. The van der Waals surface area contributed by atoms with E-state index in [9.17, 15) is 9.59 Å². The monoisotopic (exact) mass is 404 g/mol. The summed E-state index contributed by atoms with van der Waals surface area (Å²) in [5.41, 5.74) is 2.08. The van der Waals surface area contributed by atoms with E-state index in [1.54, 1.807) is 30.3 Å². The van der Waals surface area contributed by atoms with Crippen LogP contribution in [-0.4, -0.2) is 36.2 Å². The van der Waals surface area contributed by atoms with E-state index in [0.717, 1.165) is 13.1 Å². The minimum Gasteiger partial charge on any atom is -0.350 e. The molecule has 1 saturated heterocycles. The standard InChI is InChI=1S/C24H24N2O2S/c27-23(22-13-8-16-29-22)19-11-4-5-12-20(19)24(28)25-17-21(26-14-6-7-15-26)18-9-2-1-3-10-18/h1-5,8-13,16,21H,6-7,14-15,17H2,(H,25,28). The number of likely N-dealkylation sites (tertiary alicyclic amines) is 1. The Labute approximate surface area is 175 Å². The summed E-state index contributed by atoms with van der Waals surface area (Å²) in [6.45, 7) is 2.61. The van der Waals surface area contributed by atoms with E-state index >= 15 is 0 Å². The molecule has 0 spiro atoms. The average molecular weight is 405 g/mol. The van der Waals surface area contributed by atoms with Crippen LogP contribution in [0.15, 0.2) is 72.1 Å². The second-order valence-corrected chi connectivity index (χ2v) is 8.18. The number of amides is 1. The van der Waals surface area contributed by atoms with Gasteiger partial charge in [0.2, 0.25) is 5.78 Å². The van der Waals surface area contributed by atoms with Crippen molar-refractivity contribution in [1.82, 2.24) is 10.2 Å². The minimum atomic E-state index is -0.203. The Bertz CT molecular complexity index is 964. The fraction of sp³-hybridized carbons (Fsp3) is 0.250. The van der Waals surface area contributed by atoms with Crippen molar-refractivity contribution in [3.8, 4) is 0 Å². The lowest BCUT2D eigenvalue weighted by atomic mass is 10.0. The molecule has 1 aliphatic heterocycles. The minimum absolute atomic E-state index is 0.107. The number of thiophene rings is 1. The number of carbonyl (C=O) groups excluding carboxylic acids is 2. The van der Waals surface area contributed by atoms with Crippen LogP contribution in [0.25, 0.3) is 0 Å². The fourth-order valence-electron chi connectivity index (χ4n) is 3.89. The maximum absolute atomic E-state index is 13.0. The molecule has 5 heteroatoms. The highest BCUT2D eigenvalue weighted by Gasteiger charge is 2.25. The fourth-order valence-corrected chi connectivity index (χ4v) is 4.57. The molecule has 0 aliphatic carbocycles. The van der Waals surface area contributed by atoms with Crippen LogP contribution in [-0.2, 0) is 0 Å². The Kier molecular flexibility index (Phi) is 6.17. The van der Waals surface area contributed by atoms with Crippen molar-refractivity contribution in [2.24, 2.45) is 0 Å². The zero-order chi connectivity index (χ0) is 20.1. The summed E-state index contributed by atoms with van der Waals surface area (Å²) in [5, 5.41) is 4.96. The highest BCUT2D eigenvalue weighted by molar-refractivity contribution is 7.12. The summed E-state index contributed by atoms with van der Waals surface area (Å²) in [7, 11) is 0. The summed E-state index contributed by atoms with van der Waals surface area (Å²) >= 11 is 1.39. The van der Waals surface area contributed by atoms with Crippen molar-refractivity contribution in [1.29, 1.82) is 0 Å². The van der Waals surface area contributed by atoms with Gasteiger partial charge in [0.25, 0.3) is 5.91 Å². The molecule has 1 fully saturated rings. The summed E-state index contributed by atoms with van der Waals surface area (Å²) < 4.78 is 0. The lowest BCUT2D eigenvalue weighted by Gasteiger charge is -2.28. The van der Waals surface area contributed by atoms with Gasteiger partial charge in [0, 0.05) is 12.1 Å². The van der Waals surface area contributed by atoms with Crippen LogP contribution >= 0.6 is 11.3 Å². The normalized spacial score (nSPS) is 15.2. The Morgan fingerprint density at radius 2 is 1.59 bits per heavy atom. The number of hydrogen-bond donors (Lipinski definition) is 1. The van der Waals surface area contributed by atoms with Gasteiger partial charge in [-0.3, -0.25) is 14.5 Å². The van der Waals surface area contributed by atoms with Crippen molar-refractivity contribution < 1.29 is 9.59 Å². The molecule has 1 atom stereocenters. The predicted octanol–water partition coefficient (Wildman–Crippen LogP) is 4.55. The molecule has 0 bridgehead atoms. The van der Waals surface area contributed by atoms with Crippen molar-refractivity contribution in [3.63, 3.8) is 0 Å². The Morgan fingerprint density at radius 3 is 2.28 bits per heavy atom. The molecule has 1 aliphatic rings. The average Bonchev–Trinajstić information content (AvgIpc) is 3.49. The van der Waals surface area contributed by atoms with Crippen molar-refractivity contribution in [2.75, 3.05) is 19.6 Å². The van der Waals surface area contributed by atoms with Gasteiger partial charge < -0.3 is 5.32 Å². The summed E-state index contributed by atoms with van der Waals surface area (Å²) in [6, 6.07) is 21.1. The van der Waals surface area contributed by atoms with E-state index in [-0.39, 0.29) is 17.7 Å². The largest absolute Gasteiger partial charge is 0.350 e. The van der Waals surface area contributed by atoms with Crippen molar-refractivity contribution in [2.45, 2.75) is 18.9 Å². The van der Waals surface area contributed by atoms with Crippen LogP contribution < -0.4 is 5.32 Å². The van der Waals surface area contributed by atoms with Crippen LogP contribution in [0.3, 0.4) is 0 Å². The second kappa shape index (κ2) is 9.16. The van der Waals surface area contributed by atoms with E-state index in [0.29, 0.717) is 22.5 Å². The Hall–Kier alpha value is -2.76. The van der Waals surface area contributed by atoms with Gasteiger partial charge >= 0.3 is 0 Å². The van der Waals surface area contributed by atoms with Crippen LogP contribution in [0.1, 0.15) is 50.0 Å². The molecule has 29 heavy (non-hydrogen) atoms. The second-order valence-electron chi connectivity index (χ2n) is 7.23. The Morgan fingerprint density at radius 1 is 0.897 bits per heavy atom. The van der Waals surface area contributed by atoms with Gasteiger partial charge in [-0.2, -0.15) is 0 Å². The van der Waals surface area contributed by atoms with Gasteiger partial charge in [-0.15, -0.1) is 11.3 Å². The third kappa shape index (κ3) is 4.47. The molecule has 1 aromatic heterocycles. The van der Waals surface area contributed by atoms with Crippen molar-refractivity contribution in [3.05, 3.63) is 93.7 Å². The van der Waals surface area contributed by atoms with E-state index in [2.05, 4.69) is 22.3 Å². The number of hydrogen-bond acceptors (Lipinski definition) is 4. The molecule has 3 aromatic rings. The van der Waals surface area contributed by atoms with Gasteiger partial charge in [-0.25, -0.2) is 0 Å². The number of ketones is 1. The molecular weight excluding hydrogens is 380 g/mol. The van der Waals surface area contributed by atoms with Crippen LogP contribution in [0, 0.1) is 0 Å². The summed E-state index contributed by atoms with van der Waals surface area (Å²) in [4.78, 5) is 28.9. The molecular formula is C24H24N2O2S. The van der Waals surface area contributed by atoms with E-state index in [1.807, 2.05) is 29.6 Å². The smallest absolute Gasteiger partial charge is 0.252 e. The molecule has 4 rings (SSSR count).